The first kappa shape index (κ1) is 17.3. The minimum absolute atomic E-state index is 0.0200. The molecule has 24 heavy (non-hydrogen) atoms. The molecule has 2 aromatic rings. The van der Waals surface area contributed by atoms with Gasteiger partial charge in [-0.15, -0.1) is 0 Å². The van der Waals surface area contributed by atoms with Crippen molar-refractivity contribution < 1.29 is 17.5 Å². The summed E-state index contributed by atoms with van der Waals surface area (Å²) in [7, 11) is -3.86. The molecular weight excluding hydrogens is 399 g/mol. The van der Waals surface area contributed by atoms with Crippen LogP contribution in [0.2, 0.25) is 0 Å². The number of hydrogen-bond acceptors (Lipinski definition) is 4. The number of hydrogen-bond donors (Lipinski definition) is 0. The van der Waals surface area contributed by atoms with Gasteiger partial charge in [-0.25, -0.2) is 22.1 Å². The third-order valence-corrected chi connectivity index (χ3v) is 6.02. The van der Waals surface area contributed by atoms with Crippen molar-refractivity contribution in [3.05, 3.63) is 52.9 Å². The van der Waals surface area contributed by atoms with E-state index in [0.29, 0.717) is 12.4 Å². The molecule has 0 N–H and O–H groups in total. The average Bonchev–Trinajstić information content (AvgIpc) is 3.07. The number of nitrogens with zero attached hydrogens (tertiary/aromatic N) is 2. The summed E-state index contributed by atoms with van der Waals surface area (Å²) in [5.74, 6) is -0.181. The third-order valence-electron chi connectivity index (χ3n) is 3.76. The monoisotopic (exact) mass is 414 g/mol. The van der Waals surface area contributed by atoms with Crippen LogP contribution in [0, 0.1) is 5.82 Å². The Balaban J connectivity index is 1.98. The number of sulfonamides is 1. The fraction of sp³-hybridized carbons (Fsp3) is 0.312. The van der Waals surface area contributed by atoms with Gasteiger partial charge in [-0.3, -0.25) is 0 Å². The van der Waals surface area contributed by atoms with Crippen LogP contribution in [0.1, 0.15) is 12.8 Å². The van der Waals surface area contributed by atoms with Crippen LogP contribution >= 0.6 is 15.9 Å². The molecule has 128 valence electrons. The van der Waals surface area contributed by atoms with Gasteiger partial charge in [0, 0.05) is 17.3 Å². The van der Waals surface area contributed by atoms with Crippen LogP contribution in [0.3, 0.4) is 0 Å². The quantitative estimate of drug-likeness (QED) is 0.752. The van der Waals surface area contributed by atoms with Crippen LogP contribution in [-0.2, 0) is 14.8 Å². The summed E-state index contributed by atoms with van der Waals surface area (Å²) >= 11 is 3.29. The predicted molar refractivity (Wildman–Crippen MR) is 91.8 cm³/mol. The van der Waals surface area contributed by atoms with E-state index in [1.165, 1.54) is 22.6 Å². The SMILES string of the molecule is O=S(=O)(c1ccc(F)cc1)N(C[C@H]1CCCO1)c1ccc(Br)cn1. The number of ether oxygens (including phenoxy) is 1. The van der Waals surface area contributed by atoms with Gasteiger partial charge in [-0.1, -0.05) is 0 Å². The van der Waals surface area contributed by atoms with Crippen LogP contribution in [0.5, 0.6) is 0 Å². The van der Waals surface area contributed by atoms with E-state index in [4.69, 9.17) is 4.74 Å². The van der Waals surface area contributed by atoms with E-state index in [2.05, 4.69) is 20.9 Å². The zero-order chi connectivity index (χ0) is 17.2. The third kappa shape index (κ3) is 3.76. The molecule has 1 fully saturated rings. The molecule has 1 aliphatic rings. The molecule has 0 unspecified atom stereocenters. The maximum Gasteiger partial charge on any atom is 0.265 e. The van der Waals surface area contributed by atoms with Gasteiger partial charge in [-0.2, -0.15) is 0 Å². The number of benzene rings is 1. The van der Waals surface area contributed by atoms with Crippen LogP contribution in [-0.4, -0.2) is 32.7 Å². The first-order valence-corrected chi connectivity index (χ1v) is 9.71. The Labute approximate surface area is 148 Å². The Hall–Kier alpha value is -1.51. The lowest BCUT2D eigenvalue weighted by atomic mass is 10.2. The molecule has 1 saturated heterocycles. The van der Waals surface area contributed by atoms with Crippen LogP contribution in [0.25, 0.3) is 0 Å². The zero-order valence-electron chi connectivity index (χ0n) is 12.7. The second-order valence-electron chi connectivity index (χ2n) is 5.46. The van der Waals surface area contributed by atoms with E-state index in [-0.39, 0.29) is 17.5 Å². The van der Waals surface area contributed by atoms with Crippen molar-refractivity contribution in [2.75, 3.05) is 17.5 Å². The Morgan fingerprint density at radius 3 is 2.58 bits per heavy atom. The summed E-state index contributed by atoms with van der Waals surface area (Å²) < 4.78 is 46.7. The molecule has 1 aromatic heterocycles. The lowest BCUT2D eigenvalue weighted by Crippen LogP contribution is -2.38. The number of anilines is 1. The minimum Gasteiger partial charge on any atom is -0.376 e. The lowest BCUT2D eigenvalue weighted by molar-refractivity contribution is 0.118. The van der Waals surface area contributed by atoms with E-state index in [1.54, 1.807) is 12.1 Å². The van der Waals surface area contributed by atoms with Gasteiger partial charge in [0.1, 0.15) is 11.6 Å². The van der Waals surface area contributed by atoms with E-state index in [1.807, 2.05) is 0 Å². The highest BCUT2D eigenvalue weighted by Crippen LogP contribution is 2.26. The summed E-state index contributed by atoms with van der Waals surface area (Å²) in [4.78, 5) is 4.22. The van der Waals surface area contributed by atoms with Crippen molar-refractivity contribution in [1.82, 2.24) is 4.98 Å². The molecule has 0 aliphatic carbocycles. The molecule has 0 radical (unpaired) electrons. The van der Waals surface area contributed by atoms with Crippen LogP contribution in [0.15, 0.2) is 52.0 Å². The van der Waals surface area contributed by atoms with Crippen molar-refractivity contribution in [2.45, 2.75) is 23.8 Å². The minimum atomic E-state index is -3.86. The summed E-state index contributed by atoms with van der Waals surface area (Å²) in [6.07, 6.45) is 3.07. The molecule has 0 saturated carbocycles. The van der Waals surface area contributed by atoms with Gasteiger partial charge in [0.15, 0.2) is 0 Å². The largest absolute Gasteiger partial charge is 0.376 e. The second kappa shape index (κ2) is 7.16. The molecule has 3 rings (SSSR count). The fourth-order valence-corrected chi connectivity index (χ4v) is 4.22. The molecule has 0 spiro atoms. The van der Waals surface area contributed by atoms with Gasteiger partial charge in [-0.05, 0) is 65.2 Å². The highest BCUT2D eigenvalue weighted by atomic mass is 79.9. The second-order valence-corrected chi connectivity index (χ2v) is 8.24. The van der Waals surface area contributed by atoms with Crippen molar-refractivity contribution in [3.8, 4) is 0 Å². The Morgan fingerprint density at radius 1 is 1.25 bits per heavy atom. The van der Waals surface area contributed by atoms with Crippen LogP contribution < -0.4 is 4.31 Å². The molecule has 1 aromatic carbocycles. The normalized spacial score (nSPS) is 17.8. The predicted octanol–water partition coefficient (Wildman–Crippen LogP) is 3.36. The molecule has 5 nitrogen and oxygen atoms in total. The fourth-order valence-electron chi connectivity index (χ4n) is 2.54. The zero-order valence-corrected chi connectivity index (χ0v) is 15.1. The standard InChI is InChI=1S/C16H16BrFN2O3S/c17-12-3-8-16(19-10-12)20(11-14-2-1-9-23-14)24(21,22)15-6-4-13(18)5-7-15/h3-8,10,14H,1-2,9,11H2/t14-/m1/s1. The highest BCUT2D eigenvalue weighted by molar-refractivity contribution is 9.10. The highest BCUT2D eigenvalue weighted by Gasteiger charge is 2.30. The smallest absolute Gasteiger partial charge is 0.265 e. The Kier molecular flexibility index (Phi) is 5.17. The Morgan fingerprint density at radius 2 is 2.00 bits per heavy atom. The maximum absolute atomic E-state index is 13.1. The molecule has 1 atom stereocenters. The van der Waals surface area contributed by atoms with Gasteiger partial charge >= 0.3 is 0 Å². The lowest BCUT2D eigenvalue weighted by Gasteiger charge is -2.26. The van der Waals surface area contributed by atoms with Crippen LogP contribution in [0.4, 0.5) is 10.2 Å². The maximum atomic E-state index is 13.1. The summed E-state index contributed by atoms with van der Waals surface area (Å²) in [6.45, 7) is 0.803. The van der Waals surface area contributed by atoms with E-state index in [9.17, 15) is 12.8 Å². The van der Waals surface area contributed by atoms with Crippen molar-refractivity contribution in [3.63, 3.8) is 0 Å². The van der Waals surface area contributed by atoms with Gasteiger partial charge in [0.25, 0.3) is 10.0 Å². The molecule has 0 bridgehead atoms. The number of aromatic nitrogens is 1. The summed E-state index contributed by atoms with van der Waals surface area (Å²) in [5.41, 5.74) is 0. The summed E-state index contributed by atoms with van der Waals surface area (Å²) in [5, 5.41) is 0. The molecular formula is C16H16BrFN2O3S. The van der Waals surface area contributed by atoms with Gasteiger partial charge in [0.05, 0.1) is 17.5 Å². The van der Waals surface area contributed by atoms with E-state index < -0.39 is 15.8 Å². The van der Waals surface area contributed by atoms with E-state index in [0.717, 1.165) is 29.4 Å². The van der Waals surface area contributed by atoms with Crippen molar-refractivity contribution in [1.29, 1.82) is 0 Å². The number of rotatable bonds is 5. The molecule has 8 heteroatoms. The topological polar surface area (TPSA) is 59.5 Å². The summed E-state index contributed by atoms with van der Waals surface area (Å²) in [6, 6.07) is 8.13. The first-order valence-electron chi connectivity index (χ1n) is 7.48. The van der Waals surface area contributed by atoms with Gasteiger partial charge in [0.2, 0.25) is 0 Å². The van der Waals surface area contributed by atoms with Gasteiger partial charge < -0.3 is 4.74 Å². The average molecular weight is 415 g/mol. The van der Waals surface area contributed by atoms with E-state index >= 15 is 0 Å². The molecule has 1 aliphatic heterocycles. The molecule has 0 amide bonds. The Bertz CT molecular complexity index is 791. The number of pyridine rings is 1. The van der Waals surface area contributed by atoms with Crippen molar-refractivity contribution >= 4 is 31.8 Å². The van der Waals surface area contributed by atoms with Crippen molar-refractivity contribution in [2.24, 2.45) is 0 Å². The first-order chi connectivity index (χ1) is 11.5. The molecule has 2 heterocycles. The number of halogens is 2.